The molecule has 10 nitrogen and oxygen atoms in total. The lowest BCUT2D eigenvalue weighted by atomic mass is 10.1. The molecule has 0 radical (unpaired) electrons. The van der Waals surface area contributed by atoms with Crippen molar-refractivity contribution in [2.24, 2.45) is 0 Å². The lowest BCUT2D eigenvalue weighted by molar-refractivity contribution is -0.385. The highest BCUT2D eigenvalue weighted by Crippen LogP contribution is 2.34. The smallest absolute Gasteiger partial charge is 0.276 e. The van der Waals surface area contributed by atoms with E-state index in [1.807, 2.05) is 0 Å². The average Bonchev–Trinajstić information content (AvgIpc) is 2.80. The lowest BCUT2D eigenvalue weighted by Gasteiger charge is -2.11. The molecule has 0 fully saturated rings. The van der Waals surface area contributed by atoms with E-state index in [-0.39, 0.29) is 41.3 Å². The molecule has 172 valence electrons. The number of methoxy groups -OCH3 is 2. The molecule has 0 saturated carbocycles. The number of nitro benzene ring substituents is 1. The molecule has 0 saturated heterocycles. The molecular weight excluding hydrogens is 448 g/mol. The minimum absolute atomic E-state index is 0.129. The van der Waals surface area contributed by atoms with Crippen LogP contribution in [0.15, 0.2) is 47.8 Å². The fourth-order valence-corrected chi connectivity index (χ4v) is 3.65. The Morgan fingerprint density at radius 3 is 2.61 bits per heavy atom. The van der Waals surface area contributed by atoms with Gasteiger partial charge in [0.1, 0.15) is 0 Å². The van der Waals surface area contributed by atoms with Gasteiger partial charge in [0.15, 0.2) is 16.3 Å². The molecule has 33 heavy (non-hydrogen) atoms. The van der Waals surface area contributed by atoms with E-state index in [1.54, 1.807) is 18.2 Å². The summed E-state index contributed by atoms with van der Waals surface area (Å²) in [5.41, 5.74) is 0.741. The zero-order chi connectivity index (χ0) is 24.1. The summed E-state index contributed by atoms with van der Waals surface area (Å²) in [6.07, 6.45) is 1.77. The second-order valence-electron chi connectivity index (χ2n) is 6.99. The number of allylic oxidation sites excluding steroid dienone is 1. The van der Waals surface area contributed by atoms with Crippen LogP contribution in [0.4, 0.5) is 5.69 Å². The van der Waals surface area contributed by atoms with Gasteiger partial charge in [-0.05, 0) is 42.9 Å². The van der Waals surface area contributed by atoms with Gasteiger partial charge in [0.2, 0.25) is 0 Å². The number of nitro groups is 1. The van der Waals surface area contributed by atoms with Gasteiger partial charge in [-0.2, -0.15) is 0 Å². The Bertz CT molecular complexity index is 1360. The summed E-state index contributed by atoms with van der Waals surface area (Å²) in [6, 6.07) is 7.44. The molecule has 1 heterocycles. The van der Waals surface area contributed by atoms with Crippen molar-refractivity contribution < 1.29 is 19.2 Å². The van der Waals surface area contributed by atoms with Gasteiger partial charge < -0.3 is 19.8 Å². The van der Waals surface area contributed by atoms with Crippen LogP contribution in [0.25, 0.3) is 10.9 Å². The third-order valence-corrected chi connectivity index (χ3v) is 5.34. The van der Waals surface area contributed by atoms with Gasteiger partial charge in [-0.1, -0.05) is 6.08 Å². The number of carbonyl (C=O) groups is 1. The number of hydrogen-bond donors (Lipinski definition) is 2. The van der Waals surface area contributed by atoms with Crippen molar-refractivity contribution in [3.05, 3.63) is 79.4 Å². The van der Waals surface area contributed by atoms with Crippen molar-refractivity contribution in [2.45, 2.75) is 13.0 Å². The molecule has 0 unspecified atom stereocenters. The van der Waals surface area contributed by atoms with Crippen LogP contribution >= 0.6 is 12.2 Å². The van der Waals surface area contributed by atoms with Crippen LogP contribution in [0.3, 0.4) is 0 Å². The number of nitrogens with one attached hydrogen (secondary N) is 2. The van der Waals surface area contributed by atoms with Gasteiger partial charge >= 0.3 is 0 Å². The average molecular weight is 471 g/mol. The Hall–Kier alpha value is -3.99. The number of H-pyrrole nitrogens is 1. The van der Waals surface area contributed by atoms with Crippen molar-refractivity contribution >= 4 is 34.7 Å². The zero-order valence-corrected chi connectivity index (χ0v) is 18.9. The summed E-state index contributed by atoms with van der Waals surface area (Å²) in [4.78, 5) is 39.1. The summed E-state index contributed by atoms with van der Waals surface area (Å²) in [5, 5.41) is 14.6. The van der Waals surface area contributed by atoms with Crippen molar-refractivity contribution in [3.8, 4) is 11.5 Å². The topological polar surface area (TPSA) is 128 Å². The number of benzene rings is 2. The molecule has 2 aromatic carbocycles. The number of aromatic nitrogens is 2. The Kier molecular flexibility index (Phi) is 7.23. The number of amides is 1. The lowest BCUT2D eigenvalue weighted by Crippen LogP contribution is -2.26. The third kappa shape index (κ3) is 4.93. The van der Waals surface area contributed by atoms with Gasteiger partial charge in [-0.15, -0.1) is 6.58 Å². The summed E-state index contributed by atoms with van der Waals surface area (Å²) in [7, 11) is 2.83. The zero-order valence-electron chi connectivity index (χ0n) is 18.0. The second kappa shape index (κ2) is 10.1. The molecule has 0 aliphatic heterocycles. The van der Waals surface area contributed by atoms with Crippen LogP contribution in [0.5, 0.6) is 11.5 Å². The van der Waals surface area contributed by atoms with Crippen molar-refractivity contribution in [3.63, 3.8) is 0 Å². The molecule has 0 aliphatic carbocycles. The van der Waals surface area contributed by atoms with Gasteiger partial charge in [0.25, 0.3) is 17.2 Å². The van der Waals surface area contributed by atoms with Crippen LogP contribution in [-0.4, -0.2) is 41.1 Å². The highest BCUT2D eigenvalue weighted by molar-refractivity contribution is 7.71. The van der Waals surface area contributed by atoms with E-state index in [9.17, 15) is 19.7 Å². The maximum atomic E-state index is 12.6. The summed E-state index contributed by atoms with van der Waals surface area (Å²) in [5.74, 6) is 0.212. The van der Waals surface area contributed by atoms with Crippen LogP contribution in [0.1, 0.15) is 15.9 Å². The number of aromatic amines is 1. The van der Waals surface area contributed by atoms with E-state index in [2.05, 4.69) is 16.9 Å². The van der Waals surface area contributed by atoms with Gasteiger partial charge in [0.05, 0.1) is 36.1 Å². The number of nitrogens with zero attached hydrogens (tertiary/aromatic N) is 2. The number of fused-ring (bicyclic) bond motifs is 1. The van der Waals surface area contributed by atoms with Crippen LogP contribution in [-0.2, 0) is 13.0 Å². The Labute approximate surface area is 193 Å². The van der Waals surface area contributed by atoms with E-state index in [1.165, 1.54) is 37.0 Å². The van der Waals surface area contributed by atoms with Crippen LogP contribution < -0.4 is 20.3 Å². The molecule has 2 N–H and O–H groups in total. The minimum atomic E-state index is -0.510. The third-order valence-electron chi connectivity index (χ3n) is 5.02. The van der Waals surface area contributed by atoms with E-state index in [4.69, 9.17) is 21.7 Å². The largest absolute Gasteiger partial charge is 0.493 e. The van der Waals surface area contributed by atoms with E-state index in [0.717, 1.165) is 0 Å². The summed E-state index contributed by atoms with van der Waals surface area (Å²) >= 11 is 5.22. The number of carbonyl (C=O) groups excluding carboxylic acids is 1. The minimum Gasteiger partial charge on any atom is -0.493 e. The van der Waals surface area contributed by atoms with E-state index in [0.29, 0.717) is 27.8 Å². The number of ether oxygens (including phenoxy) is 2. The molecule has 11 heteroatoms. The fraction of sp³-hybridized carbons (Fsp3) is 0.227. The first-order valence-electron chi connectivity index (χ1n) is 9.86. The molecule has 1 aromatic heterocycles. The molecule has 3 aromatic rings. The van der Waals surface area contributed by atoms with Gasteiger partial charge in [0, 0.05) is 24.2 Å². The highest BCUT2D eigenvalue weighted by Gasteiger charge is 2.19. The fourth-order valence-electron chi connectivity index (χ4n) is 3.38. The predicted molar refractivity (Wildman–Crippen MR) is 126 cm³/mol. The van der Waals surface area contributed by atoms with Crippen molar-refractivity contribution in [1.29, 1.82) is 0 Å². The first kappa shape index (κ1) is 23.7. The molecular formula is C22H22N4O6S. The predicted octanol–water partition coefficient (Wildman–Crippen LogP) is 3.14. The second-order valence-corrected chi connectivity index (χ2v) is 7.38. The van der Waals surface area contributed by atoms with Gasteiger partial charge in [-0.3, -0.25) is 24.3 Å². The Morgan fingerprint density at radius 2 is 1.97 bits per heavy atom. The Balaban J connectivity index is 1.79. The Morgan fingerprint density at radius 1 is 1.27 bits per heavy atom. The monoisotopic (exact) mass is 470 g/mol. The quantitative estimate of drug-likeness (QED) is 0.213. The summed E-state index contributed by atoms with van der Waals surface area (Å²) in [6.45, 7) is 4.03. The van der Waals surface area contributed by atoms with E-state index >= 15 is 0 Å². The molecule has 1 amide bonds. The number of hydrogen-bond acceptors (Lipinski definition) is 7. The van der Waals surface area contributed by atoms with Gasteiger partial charge in [-0.25, -0.2) is 0 Å². The standard InChI is InChI=1S/C22H22N4O6S/c1-4-9-25-21(28)15-6-5-14(10-16(15)24-22(25)33)20(27)23-8-7-13-11-18(31-2)19(32-3)12-17(13)26(29)30/h4-6,10-12H,1,7-9H2,2-3H3,(H,23,27)(H,24,33). The number of rotatable bonds is 9. The summed E-state index contributed by atoms with van der Waals surface area (Å²) < 4.78 is 11.9. The van der Waals surface area contributed by atoms with E-state index < -0.39 is 10.8 Å². The van der Waals surface area contributed by atoms with Crippen LogP contribution in [0.2, 0.25) is 0 Å². The first-order chi connectivity index (χ1) is 15.8. The van der Waals surface area contributed by atoms with Crippen molar-refractivity contribution in [2.75, 3.05) is 20.8 Å². The maximum Gasteiger partial charge on any atom is 0.276 e. The first-order valence-corrected chi connectivity index (χ1v) is 10.3. The molecule has 3 rings (SSSR count). The maximum absolute atomic E-state index is 12.6. The molecule has 0 bridgehead atoms. The van der Waals surface area contributed by atoms with Crippen molar-refractivity contribution in [1.82, 2.24) is 14.9 Å². The molecule has 0 aliphatic rings. The molecule has 0 spiro atoms. The highest BCUT2D eigenvalue weighted by atomic mass is 32.1. The normalized spacial score (nSPS) is 10.6. The van der Waals surface area contributed by atoms with Crippen LogP contribution in [0, 0.1) is 14.9 Å². The SMILES string of the molecule is C=CCn1c(=S)[nH]c2cc(C(=O)NCCc3cc(OC)c(OC)cc3[N+](=O)[O-])ccc2c1=O. The molecule has 0 atom stereocenters.